The van der Waals surface area contributed by atoms with Crippen LogP contribution in [0, 0.1) is 5.41 Å². The smallest absolute Gasteiger partial charge is 0.328 e. The van der Waals surface area contributed by atoms with E-state index in [0.717, 1.165) is 6.42 Å². The van der Waals surface area contributed by atoms with Crippen molar-refractivity contribution in [3.8, 4) is 0 Å². The van der Waals surface area contributed by atoms with Crippen molar-refractivity contribution >= 4 is 23.9 Å². The third-order valence-corrected chi connectivity index (χ3v) is 3.85. The van der Waals surface area contributed by atoms with Gasteiger partial charge < -0.3 is 24.9 Å². The number of rotatable bonds is 9. The summed E-state index contributed by atoms with van der Waals surface area (Å²) in [7, 11) is 1.39. The minimum atomic E-state index is -0.942. The summed E-state index contributed by atoms with van der Waals surface area (Å²) in [6.07, 6.45) is 1.92. The Bertz CT molecular complexity index is 446. The molecular weight excluding hydrogens is 316 g/mol. The van der Waals surface area contributed by atoms with Crippen LogP contribution in [0.3, 0.4) is 0 Å². The fraction of sp³-hybridized carbons (Fsp3) is 0.750. The van der Waals surface area contributed by atoms with E-state index in [2.05, 4.69) is 5.32 Å². The number of esters is 1. The predicted molar refractivity (Wildman–Crippen MR) is 86.0 cm³/mol. The van der Waals surface area contributed by atoms with E-state index in [1.54, 1.807) is 6.92 Å². The van der Waals surface area contributed by atoms with E-state index in [1.807, 2.05) is 0 Å². The average Bonchev–Trinajstić information content (AvgIpc) is 2.85. The van der Waals surface area contributed by atoms with Crippen molar-refractivity contribution < 1.29 is 28.6 Å². The highest BCUT2D eigenvalue weighted by atomic mass is 16.5. The Kier molecular flexibility index (Phi) is 9.18. The Morgan fingerprint density at radius 3 is 2.75 bits per heavy atom. The van der Waals surface area contributed by atoms with E-state index in [4.69, 9.17) is 19.6 Å². The Morgan fingerprint density at radius 2 is 2.08 bits per heavy atom. The Hall–Kier alpha value is -1.80. The lowest BCUT2D eigenvalue weighted by atomic mass is 10.1. The number of methoxy groups -OCH3 is 1. The molecule has 24 heavy (non-hydrogen) atoms. The molecular formula is C16H26N2O6. The molecule has 1 heterocycles. The van der Waals surface area contributed by atoms with Crippen LogP contribution in [0.25, 0.3) is 0 Å². The molecule has 1 aliphatic rings. The fourth-order valence-corrected chi connectivity index (χ4v) is 2.24. The van der Waals surface area contributed by atoms with Gasteiger partial charge in [0.2, 0.25) is 5.91 Å². The van der Waals surface area contributed by atoms with Gasteiger partial charge in [-0.3, -0.25) is 9.59 Å². The Morgan fingerprint density at radius 1 is 1.33 bits per heavy atom. The molecule has 0 spiro atoms. The molecule has 1 aliphatic heterocycles. The molecule has 1 saturated heterocycles. The molecule has 0 bridgehead atoms. The number of carbonyl (C=O) groups is 3. The van der Waals surface area contributed by atoms with Crippen molar-refractivity contribution in [2.45, 2.75) is 57.3 Å². The first-order chi connectivity index (χ1) is 11.5. The zero-order chi connectivity index (χ0) is 17.9. The highest BCUT2D eigenvalue weighted by molar-refractivity contribution is 6.26. The van der Waals surface area contributed by atoms with Crippen molar-refractivity contribution in [2.75, 3.05) is 20.3 Å². The SMILES string of the molecule is CO[C@H](C)C(=O)N[C@@H](CCC(=O)C=N)C(=O)O[C@@H]1CCCOCC1. The van der Waals surface area contributed by atoms with Gasteiger partial charge in [0, 0.05) is 26.6 Å². The number of hydrogen-bond acceptors (Lipinski definition) is 7. The van der Waals surface area contributed by atoms with Gasteiger partial charge in [0.25, 0.3) is 0 Å². The lowest BCUT2D eigenvalue weighted by molar-refractivity contribution is -0.154. The number of carbonyl (C=O) groups excluding carboxylic acids is 3. The van der Waals surface area contributed by atoms with Crippen LogP contribution in [-0.4, -0.2) is 62.4 Å². The zero-order valence-corrected chi connectivity index (χ0v) is 14.2. The van der Waals surface area contributed by atoms with Crippen LogP contribution in [-0.2, 0) is 28.6 Å². The summed E-state index contributed by atoms with van der Waals surface area (Å²) in [6, 6.07) is -0.942. The third-order valence-electron chi connectivity index (χ3n) is 3.85. The van der Waals surface area contributed by atoms with Gasteiger partial charge in [0.15, 0.2) is 5.78 Å². The highest BCUT2D eigenvalue weighted by Crippen LogP contribution is 2.14. The molecule has 136 valence electrons. The molecule has 0 aromatic rings. The van der Waals surface area contributed by atoms with Crippen molar-refractivity contribution in [3.63, 3.8) is 0 Å². The van der Waals surface area contributed by atoms with E-state index in [9.17, 15) is 14.4 Å². The Balaban J connectivity index is 2.66. The topological polar surface area (TPSA) is 115 Å². The number of ether oxygens (including phenoxy) is 3. The van der Waals surface area contributed by atoms with E-state index in [1.165, 1.54) is 7.11 Å². The minimum absolute atomic E-state index is 0.0152. The van der Waals surface area contributed by atoms with Crippen LogP contribution in [0.2, 0.25) is 0 Å². The van der Waals surface area contributed by atoms with Crippen molar-refractivity contribution in [1.29, 1.82) is 5.41 Å². The molecule has 3 atom stereocenters. The minimum Gasteiger partial charge on any atom is -0.461 e. The van der Waals surface area contributed by atoms with E-state index < -0.39 is 29.8 Å². The largest absolute Gasteiger partial charge is 0.461 e. The summed E-state index contributed by atoms with van der Waals surface area (Å²) >= 11 is 0. The summed E-state index contributed by atoms with van der Waals surface area (Å²) in [5, 5.41) is 9.47. The van der Waals surface area contributed by atoms with E-state index in [0.29, 0.717) is 32.3 Å². The first-order valence-corrected chi connectivity index (χ1v) is 8.12. The third kappa shape index (κ3) is 7.18. The maximum atomic E-state index is 12.4. The van der Waals surface area contributed by atoms with Gasteiger partial charge in [0.05, 0.1) is 12.8 Å². The average molecular weight is 342 g/mol. The summed E-state index contributed by atoms with van der Waals surface area (Å²) in [5.74, 6) is -1.44. The predicted octanol–water partition coefficient (Wildman–Crippen LogP) is 0.617. The van der Waals surface area contributed by atoms with Gasteiger partial charge in [-0.15, -0.1) is 0 Å². The van der Waals surface area contributed by atoms with Crippen LogP contribution in [0.5, 0.6) is 0 Å². The first kappa shape index (κ1) is 20.2. The molecule has 0 unspecified atom stereocenters. The second-order valence-corrected chi connectivity index (χ2v) is 5.69. The number of Topliss-reactive ketones (excluding diaryl/α,β-unsaturated/α-hetero) is 1. The second kappa shape index (κ2) is 10.9. The van der Waals surface area contributed by atoms with Crippen molar-refractivity contribution in [3.05, 3.63) is 0 Å². The lowest BCUT2D eigenvalue weighted by Gasteiger charge is -2.22. The number of hydrogen-bond donors (Lipinski definition) is 2. The molecule has 0 radical (unpaired) electrons. The molecule has 0 aliphatic carbocycles. The van der Waals surface area contributed by atoms with E-state index in [-0.39, 0.29) is 18.9 Å². The van der Waals surface area contributed by atoms with Crippen molar-refractivity contribution in [2.24, 2.45) is 0 Å². The summed E-state index contributed by atoms with van der Waals surface area (Å²) in [4.78, 5) is 35.6. The van der Waals surface area contributed by atoms with Gasteiger partial charge in [-0.05, 0) is 26.2 Å². The summed E-state index contributed by atoms with van der Waals surface area (Å²) in [6.45, 7) is 2.73. The van der Waals surface area contributed by atoms with Crippen LogP contribution in [0.15, 0.2) is 0 Å². The van der Waals surface area contributed by atoms with Gasteiger partial charge >= 0.3 is 5.97 Å². The van der Waals surface area contributed by atoms with Gasteiger partial charge in [-0.25, -0.2) is 4.79 Å². The summed E-state index contributed by atoms with van der Waals surface area (Å²) in [5.41, 5.74) is 0. The standard InChI is InChI=1S/C16H26N2O6/c1-11(22-2)15(20)18-14(6-5-12(19)10-17)16(21)24-13-4-3-8-23-9-7-13/h10-11,13-14,17H,3-9H2,1-2H3,(H,18,20)/t11-,13-,14+/m1/s1. The second-order valence-electron chi connectivity index (χ2n) is 5.69. The molecule has 0 aromatic carbocycles. The summed E-state index contributed by atoms with van der Waals surface area (Å²) < 4.78 is 15.7. The van der Waals surface area contributed by atoms with Crippen LogP contribution >= 0.6 is 0 Å². The maximum absolute atomic E-state index is 12.4. The quantitative estimate of drug-likeness (QED) is 0.469. The van der Waals surface area contributed by atoms with Gasteiger partial charge in [-0.1, -0.05) is 0 Å². The van der Waals surface area contributed by atoms with Crippen LogP contribution in [0.1, 0.15) is 39.0 Å². The monoisotopic (exact) mass is 342 g/mol. The lowest BCUT2D eigenvalue weighted by Crippen LogP contribution is -2.47. The van der Waals surface area contributed by atoms with Crippen molar-refractivity contribution in [1.82, 2.24) is 5.32 Å². The highest BCUT2D eigenvalue weighted by Gasteiger charge is 2.27. The van der Waals surface area contributed by atoms with Crippen LogP contribution in [0.4, 0.5) is 0 Å². The molecule has 8 heteroatoms. The number of nitrogens with one attached hydrogen (secondary N) is 2. The Labute approximate surface area is 141 Å². The maximum Gasteiger partial charge on any atom is 0.328 e. The molecule has 1 rings (SSSR count). The van der Waals surface area contributed by atoms with E-state index >= 15 is 0 Å². The van der Waals surface area contributed by atoms with Gasteiger partial charge in [0.1, 0.15) is 18.2 Å². The molecule has 8 nitrogen and oxygen atoms in total. The number of amides is 1. The normalized spacial score (nSPS) is 20.3. The molecule has 2 N–H and O–H groups in total. The fourth-order valence-electron chi connectivity index (χ4n) is 2.24. The van der Waals surface area contributed by atoms with Gasteiger partial charge in [-0.2, -0.15) is 0 Å². The first-order valence-electron chi connectivity index (χ1n) is 8.12. The zero-order valence-electron chi connectivity index (χ0n) is 14.2. The number of ketones is 1. The molecule has 1 amide bonds. The van der Waals surface area contributed by atoms with Crippen LogP contribution < -0.4 is 5.32 Å². The molecule has 1 fully saturated rings. The molecule has 0 aromatic heterocycles. The molecule has 0 saturated carbocycles.